The fourth-order valence-corrected chi connectivity index (χ4v) is 2.44. The summed E-state index contributed by atoms with van der Waals surface area (Å²) in [7, 11) is 0. The average Bonchev–Trinajstić information content (AvgIpc) is 2.33. The third-order valence-electron chi connectivity index (χ3n) is 2.41. The van der Waals surface area contributed by atoms with Crippen LogP contribution in [-0.2, 0) is 4.79 Å². The molecule has 0 radical (unpaired) electrons. The van der Waals surface area contributed by atoms with Gasteiger partial charge in [0.2, 0.25) is 0 Å². The van der Waals surface area contributed by atoms with Crippen LogP contribution in [0.1, 0.15) is 19.8 Å². The van der Waals surface area contributed by atoms with Crippen LogP contribution >= 0.6 is 11.8 Å². The van der Waals surface area contributed by atoms with Crippen molar-refractivity contribution >= 4 is 17.7 Å². The van der Waals surface area contributed by atoms with Gasteiger partial charge in [-0.15, -0.1) is 11.8 Å². The molecule has 5 heteroatoms. The maximum atomic E-state index is 12.9. The summed E-state index contributed by atoms with van der Waals surface area (Å²) < 4.78 is 12.9. The molecule has 18 heavy (non-hydrogen) atoms. The predicted octanol–water partition coefficient (Wildman–Crippen LogP) is 2.76. The zero-order valence-electron chi connectivity index (χ0n) is 10.4. The highest BCUT2D eigenvalue weighted by Crippen LogP contribution is 2.19. The second-order valence-electron chi connectivity index (χ2n) is 3.94. The van der Waals surface area contributed by atoms with E-state index < -0.39 is 12.0 Å². The summed E-state index contributed by atoms with van der Waals surface area (Å²) in [5.41, 5.74) is 0. The van der Waals surface area contributed by atoms with Gasteiger partial charge in [-0.1, -0.05) is 13.0 Å². The van der Waals surface area contributed by atoms with Crippen molar-refractivity contribution in [3.63, 3.8) is 0 Å². The highest BCUT2D eigenvalue weighted by Gasteiger charge is 2.15. The number of benzene rings is 1. The molecule has 3 nitrogen and oxygen atoms in total. The van der Waals surface area contributed by atoms with Gasteiger partial charge in [0.05, 0.1) is 0 Å². The van der Waals surface area contributed by atoms with Gasteiger partial charge in [0.15, 0.2) is 0 Å². The van der Waals surface area contributed by atoms with E-state index in [0.717, 1.165) is 11.3 Å². The van der Waals surface area contributed by atoms with Crippen molar-refractivity contribution in [2.75, 3.05) is 12.3 Å². The number of thioether (sulfide) groups is 1. The van der Waals surface area contributed by atoms with Crippen molar-refractivity contribution < 1.29 is 14.3 Å². The van der Waals surface area contributed by atoms with E-state index in [9.17, 15) is 9.18 Å². The second kappa shape index (κ2) is 8.11. The Hall–Kier alpha value is -1.07. The van der Waals surface area contributed by atoms with E-state index in [1.807, 2.05) is 13.0 Å². The molecule has 1 rings (SSSR count). The fraction of sp³-hybridized carbons (Fsp3) is 0.462. The van der Waals surface area contributed by atoms with Crippen LogP contribution < -0.4 is 5.32 Å². The van der Waals surface area contributed by atoms with Crippen LogP contribution in [0, 0.1) is 5.82 Å². The number of carbonyl (C=O) groups is 1. The zero-order chi connectivity index (χ0) is 13.4. The Morgan fingerprint density at radius 3 is 2.94 bits per heavy atom. The maximum Gasteiger partial charge on any atom is 0.320 e. The van der Waals surface area contributed by atoms with Gasteiger partial charge in [-0.3, -0.25) is 4.79 Å². The summed E-state index contributed by atoms with van der Waals surface area (Å²) in [6.45, 7) is 2.69. The maximum absolute atomic E-state index is 12.9. The molecule has 2 N–H and O–H groups in total. The predicted molar refractivity (Wildman–Crippen MR) is 71.5 cm³/mol. The van der Waals surface area contributed by atoms with Crippen molar-refractivity contribution in [3.05, 3.63) is 30.1 Å². The first-order valence-electron chi connectivity index (χ1n) is 5.98. The molecule has 0 bridgehead atoms. The quantitative estimate of drug-likeness (QED) is 0.714. The molecule has 100 valence electrons. The molecule has 1 unspecified atom stereocenters. The molecular formula is C13H18FNO2S. The molecule has 0 saturated heterocycles. The summed E-state index contributed by atoms with van der Waals surface area (Å²) in [6.07, 6.45) is 1.43. The van der Waals surface area contributed by atoms with Gasteiger partial charge in [-0.05, 0) is 37.6 Å². The molecule has 1 aromatic rings. The number of hydrogen-bond donors (Lipinski definition) is 2. The Balaban J connectivity index is 2.36. The first kappa shape index (κ1) is 15.0. The Kier molecular flexibility index (Phi) is 6.75. The molecule has 0 fully saturated rings. The summed E-state index contributed by atoms with van der Waals surface area (Å²) in [5, 5.41) is 12.0. The summed E-state index contributed by atoms with van der Waals surface area (Å²) >= 11 is 1.47. The second-order valence-corrected chi connectivity index (χ2v) is 5.11. The van der Waals surface area contributed by atoms with Crippen LogP contribution in [0.4, 0.5) is 4.39 Å². The van der Waals surface area contributed by atoms with Crippen LogP contribution in [0.2, 0.25) is 0 Å². The molecular weight excluding hydrogens is 253 g/mol. The van der Waals surface area contributed by atoms with Gasteiger partial charge in [0.1, 0.15) is 11.9 Å². The Bertz CT molecular complexity index is 387. The van der Waals surface area contributed by atoms with Gasteiger partial charge in [-0.25, -0.2) is 4.39 Å². The van der Waals surface area contributed by atoms with Crippen LogP contribution in [0.3, 0.4) is 0 Å². The first-order valence-corrected chi connectivity index (χ1v) is 6.96. The largest absolute Gasteiger partial charge is 0.480 e. The van der Waals surface area contributed by atoms with E-state index in [1.54, 1.807) is 6.07 Å². The minimum Gasteiger partial charge on any atom is -0.480 e. The number of carboxylic acids is 1. The number of carboxylic acid groups (broad SMARTS) is 1. The van der Waals surface area contributed by atoms with Crippen molar-refractivity contribution in [2.45, 2.75) is 30.7 Å². The van der Waals surface area contributed by atoms with Crippen molar-refractivity contribution in [1.82, 2.24) is 5.32 Å². The van der Waals surface area contributed by atoms with Gasteiger partial charge in [-0.2, -0.15) is 0 Å². The van der Waals surface area contributed by atoms with Crippen molar-refractivity contribution in [2.24, 2.45) is 0 Å². The minimum absolute atomic E-state index is 0.265. The lowest BCUT2D eigenvalue weighted by Gasteiger charge is -2.13. The number of halogens is 1. The number of hydrogen-bond acceptors (Lipinski definition) is 3. The molecule has 0 aliphatic carbocycles. The summed E-state index contributed by atoms with van der Waals surface area (Å²) in [6, 6.07) is 5.81. The van der Waals surface area contributed by atoms with E-state index in [2.05, 4.69) is 5.32 Å². The van der Waals surface area contributed by atoms with Crippen LogP contribution in [-0.4, -0.2) is 29.4 Å². The molecule has 0 saturated carbocycles. The SMILES string of the molecule is CCCNC(CCSc1cccc(F)c1)C(=O)O. The lowest BCUT2D eigenvalue weighted by molar-refractivity contribution is -0.139. The molecule has 0 aliphatic heterocycles. The lowest BCUT2D eigenvalue weighted by Crippen LogP contribution is -2.37. The highest BCUT2D eigenvalue weighted by molar-refractivity contribution is 7.99. The molecule has 0 heterocycles. The Labute approximate surface area is 111 Å². The van der Waals surface area contributed by atoms with Crippen LogP contribution in [0.5, 0.6) is 0 Å². The van der Waals surface area contributed by atoms with Crippen molar-refractivity contribution in [3.8, 4) is 0 Å². The van der Waals surface area contributed by atoms with Crippen LogP contribution in [0.25, 0.3) is 0 Å². The summed E-state index contributed by atoms with van der Waals surface area (Å²) in [5.74, 6) is -0.445. The van der Waals surface area contributed by atoms with Gasteiger partial charge in [0, 0.05) is 10.6 Å². The number of rotatable bonds is 8. The average molecular weight is 271 g/mol. The standard InChI is InChI=1S/C13H18FNO2S/c1-2-7-15-12(13(16)17)6-8-18-11-5-3-4-10(14)9-11/h3-5,9,12,15H,2,6-8H2,1H3,(H,16,17). The van der Waals surface area contributed by atoms with E-state index in [0.29, 0.717) is 18.7 Å². The number of aliphatic carboxylic acids is 1. The van der Waals surface area contributed by atoms with Crippen LogP contribution in [0.15, 0.2) is 29.2 Å². The monoisotopic (exact) mass is 271 g/mol. The summed E-state index contributed by atoms with van der Waals surface area (Å²) in [4.78, 5) is 11.8. The van der Waals surface area contributed by atoms with E-state index >= 15 is 0 Å². The number of nitrogens with one attached hydrogen (secondary N) is 1. The molecule has 0 aromatic heterocycles. The smallest absolute Gasteiger partial charge is 0.320 e. The third kappa shape index (κ3) is 5.51. The third-order valence-corrected chi connectivity index (χ3v) is 3.44. The lowest BCUT2D eigenvalue weighted by atomic mass is 10.2. The first-order chi connectivity index (χ1) is 8.63. The Morgan fingerprint density at radius 1 is 1.56 bits per heavy atom. The van der Waals surface area contributed by atoms with Gasteiger partial charge >= 0.3 is 5.97 Å². The van der Waals surface area contributed by atoms with Gasteiger partial charge in [0.25, 0.3) is 0 Å². The fourth-order valence-electron chi connectivity index (χ4n) is 1.48. The van der Waals surface area contributed by atoms with Gasteiger partial charge < -0.3 is 10.4 Å². The topological polar surface area (TPSA) is 49.3 Å². The molecule has 1 atom stereocenters. The highest BCUT2D eigenvalue weighted by atomic mass is 32.2. The van der Waals surface area contributed by atoms with Crippen molar-refractivity contribution in [1.29, 1.82) is 0 Å². The van der Waals surface area contributed by atoms with E-state index in [4.69, 9.17) is 5.11 Å². The minimum atomic E-state index is -0.830. The molecule has 0 amide bonds. The molecule has 0 spiro atoms. The van der Waals surface area contributed by atoms with E-state index in [-0.39, 0.29) is 5.82 Å². The van der Waals surface area contributed by atoms with E-state index in [1.165, 1.54) is 23.9 Å². The normalized spacial score (nSPS) is 12.3. The zero-order valence-corrected chi connectivity index (χ0v) is 11.2. The molecule has 0 aliphatic rings. The molecule has 1 aromatic carbocycles. The Morgan fingerprint density at radius 2 is 2.33 bits per heavy atom.